The van der Waals surface area contributed by atoms with Gasteiger partial charge in [-0.3, -0.25) is 4.79 Å². The Bertz CT molecular complexity index is 252. The van der Waals surface area contributed by atoms with Gasteiger partial charge in [0.2, 0.25) is 5.91 Å². The normalized spacial score (nSPS) is 26.3. The van der Waals surface area contributed by atoms with E-state index in [9.17, 15) is 4.79 Å². The number of nitrogens with zero attached hydrogens (tertiary/aromatic N) is 1. The fourth-order valence-electron chi connectivity index (χ4n) is 3.18. The second-order valence-electron chi connectivity index (χ2n) is 5.80. The molecule has 2 N–H and O–H groups in total. The summed E-state index contributed by atoms with van der Waals surface area (Å²) in [6.07, 6.45) is 10.8. The quantitative estimate of drug-likeness (QED) is 0.787. The minimum absolute atomic E-state index is 0. The lowest BCUT2D eigenvalue weighted by molar-refractivity contribution is -0.133. The number of carbonyl (C=O) groups is 1. The fourth-order valence-corrected chi connectivity index (χ4v) is 3.18. The van der Waals surface area contributed by atoms with Crippen molar-refractivity contribution in [3.63, 3.8) is 0 Å². The Morgan fingerprint density at radius 1 is 1.06 bits per heavy atom. The van der Waals surface area contributed by atoms with E-state index in [4.69, 9.17) is 5.73 Å². The minimum atomic E-state index is 0. The molecule has 0 bridgehead atoms. The monoisotopic (exact) mass is 274 g/mol. The maximum atomic E-state index is 12.2. The van der Waals surface area contributed by atoms with Crippen LogP contribution in [-0.2, 0) is 4.79 Å². The lowest BCUT2D eigenvalue weighted by atomic mass is 9.95. The molecule has 0 spiro atoms. The average Bonchev–Trinajstić information content (AvgIpc) is 2.57. The van der Waals surface area contributed by atoms with Crippen molar-refractivity contribution >= 4 is 18.3 Å². The van der Waals surface area contributed by atoms with Gasteiger partial charge in [-0.1, -0.05) is 25.7 Å². The molecule has 0 aromatic carbocycles. The van der Waals surface area contributed by atoms with Gasteiger partial charge in [0, 0.05) is 25.6 Å². The van der Waals surface area contributed by atoms with Crippen LogP contribution >= 0.6 is 12.4 Å². The molecule has 1 saturated heterocycles. The highest BCUT2D eigenvalue weighted by molar-refractivity contribution is 5.85. The molecule has 1 aliphatic carbocycles. The van der Waals surface area contributed by atoms with Crippen LogP contribution in [0.25, 0.3) is 0 Å². The molecule has 1 saturated carbocycles. The van der Waals surface area contributed by atoms with Gasteiger partial charge in [0.15, 0.2) is 0 Å². The predicted molar refractivity (Wildman–Crippen MR) is 76.8 cm³/mol. The van der Waals surface area contributed by atoms with Gasteiger partial charge in [-0.15, -0.1) is 12.4 Å². The Hall–Kier alpha value is -0.280. The van der Waals surface area contributed by atoms with Gasteiger partial charge >= 0.3 is 0 Å². The first-order valence-electron chi connectivity index (χ1n) is 7.29. The molecule has 0 aromatic heterocycles. The Labute approximate surface area is 117 Å². The molecule has 0 radical (unpaired) electrons. The predicted octanol–water partition coefficient (Wildman–Crippen LogP) is 2.72. The van der Waals surface area contributed by atoms with Gasteiger partial charge in [-0.2, -0.15) is 0 Å². The molecule has 3 nitrogen and oxygen atoms in total. The molecule has 1 amide bonds. The van der Waals surface area contributed by atoms with Crippen molar-refractivity contribution in [1.29, 1.82) is 0 Å². The largest absolute Gasteiger partial charge is 0.341 e. The van der Waals surface area contributed by atoms with E-state index in [0.717, 1.165) is 32.4 Å². The summed E-state index contributed by atoms with van der Waals surface area (Å²) in [6.45, 7) is 1.71. The third-order valence-corrected chi connectivity index (χ3v) is 4.25. The van der Waals surface area contributed by atoms with E-state index in [1.165, 1.54) is 38.5 Å². The summed E-state index contributed by atoms with van der Waals surface area (Å²) in [7, 11) is 0. The van der Waals surface area contributed by atoms with Gasteiger partial charge in [0.1, 0.15) is 0 Å². The van der Waals surface area contributed by atoms with Crippen LogP contribution in [0, 0.1) is 5.92 Å². The molecule has 106 valence electrons. The SMILES string of the molecule is Cl.N[C@@H]1CCCN(C(=O)CC2CCCCCC2)C1. The molecule has 2 aliphatic rings. The van der Waals surface area contributed by atoms with Crippen molar-refractivity contribution in [3.05, 3.63) is 0 Å². The highest BCUT2D eigenvalue weighted by Crippen LogP contribution is 2.26. The van der Waals surface area contributed by atoms with E-state index in [1.54, 1.807) is 0 Å². The van der Waals surface area contributed by atoms with E-state index in [1.807, 2.05) is 4.90 Å². The van der Waals surface area contributed by atoms with Crippen molar-refractivity contribution in [3.8, 4) is 0 Å². The highest BCUT2D eigenvalue weighted by atomic mass is 35.5. The average molecular weight is 275 g/mol. The summed E-state index contributed by atoms with van der Waals surface area (Å²) in [4.78, 5) is 14.2. The van der Waals surface area contributed by atoms with Crippen LogP contribution in [0.2, 0.25) is 0 Å². The van der Waals surface area contributed by atoms with Gasteiger partial charge in [-0.25, -0.2) is 0 Å². The van der Waals surface area contributed by atoms with Gasteiger partial charge < -0.3 is 10.6 Å². The second-order valence-corrected chi connectivity index (χ2v) is 5.80. The van der Waals surface area contributed by atoms with Crippen LogP contribution in [0.4, 0.5) is 0 Å². The van der Waals surface area contributed by atoms with Crippen molar-refractivity contribution in [2.45, 2.75) is 63.8 Å². The Morgan fingerprint density at radius 2 is 1.72 bits per heavy atom. The third kappa shape index (κ3) is 4.77. The topological polar surface area (TPSA) is 46.3 Å². The Kier molecular flexibility index (Phi) is 7.02. The first-order chi connectivity index (χ1) is 8.25. The van der Waals surface area contributed by atoms with E-state index in [2.05, 4.69) is 0 Å². The van der Waals surface area contributed by atoms with Crippen molar-refractivity contribution < 1.29 is 4.79 Å². The lowest BCUT2D eigenvalue weighted by Crippen LogP contribution is -2.46. The summed E-state index contributed by atoms with van der Waals surface area (Å²) in [6, 6.07) is 0.210. The van der Waals surface area contributed by atoms with E-state index in [0.29, 0.717) is 11.8 Å². The molecule has 2 fully saturated rings. The lowest BCUT2D eigenvalue weighted by Gasteiger charge is -2.31. The number of likely N-dealkylation sites (tertiary alicyclic amines) is 1. The number of hydrogen-bond donors (Lipinski definition) is 1. The summed E-state index contributed by atoms with van der Waals surface area (Å²) in [5.41, 5.74) is 5.93. The zero-order chi connectivity index (χ0) is 12.1. The van der Waals surface area contributed by atoms with Crippen LogP contribution in [0.15, 0.2) is 0 Å². The molecule has 4 heteroatoms. The first kappa shape index (κ1) is 15.8. The number of carbonyl (C=O) groups excluding carboxylic acids is 1. The first-order valence-corrected chi connectivity index (χ1v) is 7.29. The van der Waals surface area contributed by atoms with Crippen LogP contribution in [0.3, 0.4) is 0 Å². The van der Waals surface area contributed by atoms with Crippen LogP contribution in [0.1, 0.15) is 57.8 Å². The van der Waals surface area contributed by atoms with Gasteiger partial charge in [0.05, 0.1) is 0 Å². The summed E-state index contributed by atoms with van der Waals surface area (Å²) in [5, 5.41) is 0. The second kappa shape index (κ2) is 8.00. The molecule has 1 atom stereocenters. The molecule has 1 heterocycles. The zero-order valence-corrected chi connectivity index (χ0v) is 12.1. The molecule has 0 unspecified atom stereocenters. The van der Waals surface area contributed by atoms with Crippen molar-refractivity contribution in [2.75, 3.05) is 13.1 Å². The summed E-state index contributed by atoms with van der Waals surface area (Å²) >= 11 is 0. The molecule has 1 aliphatic heterocycles. The Balaban J connectivity index is 0.00000162. The van der Waals surface area contributed by atoms with Crippen molar-refractivity contribution in [2.24, 2.45) is 11.7 Å². The molecular weight excluding hydrogens is 248 g/mol. The molecule has 0 aromatic rings. The number of piperidine rings is 1. The smallest absolute Gasteiger partial charge is 0.222 e. The van der Waals surface area contributed by atoms with Crippen LogP contribution in [0.5, 0.6) is 0 Å². The fraction of sp³-hybridized carbons (Fsp3) is 0.929. The van der Waals surface area contributed by atoms with E-state index in [-0.39, 0.29) is 18.4 Å². The standard InChI is InChI=1S/C14H26N2O.ClH/c15-13-8-5-9-16(11-13)14(17)10-12-6-3-1-2-4-7-12;/h12-13H,1-11,15H2;1H/t13-;/m1./s1. The van der Waals surface area contributed by atoms with E-state index < -0.39 is 0 Å². The summed E-state index contributed by atoms with van der Waals surface area (Å²) in [5.74, 6) is 0.996. The van der Waals surface area contributed by atoms with Gasteiger partial charge in [-0.05, 0) is 31.6 Å². The summed E-state index contributed by atoms with van der Waals surface area (Å²) < 4.78 is 0. The number of halogens is 1. The van der Waals surface area contributed by atoms with Gasteiger partial charge in [0.25, 0.3) is 0 Å². The number of amides is 1. The number of nitrogens with two attached hydrogens (primary N) is 1. The molecular formula is C14H27ClN2O. The maximum absolute atomic E-state index is 12.2. The molecule has 2 rings (SSSR count). The maximum Gasteiger partial charge on any atom is 0.222 e. The molecule has 18 heavy (non-hydrogen) atoms. The van der Waals surface area contributed by atoms with Crippen LogP contribution < -0.4 is 5.73 Å². The third-order valence-electron chi connectivity index (χ3n) is 4.25. The van der Waals surface area contributed by atoms with Crippen molar-refractivity contribution in [1.82, 2.24) is 4.90 Å². The Morgan fingerprint density at radius 3 is 2.33 bits per heavy atom. The van der Waals surface area contributed by atoms with Crippen LogP contribution in [-0.4, -0.2) is 29.9 Å². The van der Waals surface area contributed by atoms with E-state index >= 15 is 0 Å². The zero-order valence-electron chi connectivity index (χ0n) is 11.3. The highest BCUT2D eigenvalue weighted by Gasteiger charge is 2.24. The number of hydrogen-bond acceptors (Lipinski definition) is 2. The number of rotatable bonds is 2. The minimum Gasteiger partial charge on any atom is -0.341 e.